The molecule has 1 saturated heterocycles. The molecule has 2 unspecified atom stereocenters. The van der Waals surface area contributed by atoms with E-state index in [0.29, 0.717) is 72.4 Å². The van der Waals surface area contributed by atoms with E-state index >= 15 is 0 Å². The van der Waals surface area contributed by atoms with Crippen LogP contribution in [0.3, 0.4) is 0 Å². The number of ether oxygens (including phenoxy) is 1. The van der Waals surface area contributed by atoms with Crippen LogP contribution >= 0.6 is 0 Å². The van der Waals surface area contributed by atoms with Crippen LogP contribution in [0.25, 0.3) is 5.69 Å². The molecule has 260 valence electrons. The number of aryl methyl sites for hydroxylation is 1. The summed E-state index contributed by atoms with van der Waals surface area (Å²) in [6, 6.07) is 19.1. The molecule has 1 fully saturated rings. The molecule has 0 radical (unpaired) electrons. The van der Waals surface area contributed by atoms with Gasteiger partial charge in [-0.15, -0.1) is 0 Å². The number of carbonyl (C=O) groups excluding carboxylic acids is 3. The van der Waals surface area contributed by atoms with Crippen LogP contribution in [0.1, 0.15) is 45.6 Å². The number of likely N-dealkylation sites (N-methyl/N-ethyl adjacent to an activating group) is 1. The van der Waals surface area contributed by atoms with Crippen LogP contribution in [0.4, 0.5) is 24.7 Å². The second-order valence-corrected chi connectivity index (χ2v) is 12.2. The van der Waals surface area contributed by atoms with Gasteiger partial charge in [-0.3, -0.25) is 24.2 Å². The third-order valence-corrected chi connectivity index (χ3v) is 8.91. The number of halogens is 3. The molecule has 0 saturated carbocycles. The third-order valence-electron chi connectivity index (χ3n) is 8.91. The zero-order chi connectivity index (χ0) is 35.6. The Morgan fingerprint density at radius 3 is 2.42 bits per heavy atom. The van der Waals surface area contributed by atoms with Gasteiger partial charge in [0.15, 0.2) is 0 Å². The van der Waals surface area contributed by atoms with Crippen LogP contribution < -0.4 is 15.5 Å². The molecule has 6 rings (SSSR count). The second kappa shape index (κ2) is 14.3. The molecular formula is C37H37F3N6O4. The van der Waals surface area contributed by atoms with E-state index in [-0.39, 0.29) is 18.0 Å². The van der Waals surface area contributed by atoms with Crippen LogP contribution in [-0.2, 0) is 20.5 Å². The van der Waals surface area contributed by atoms with Crippen LogP contribution in [0.5, 0.6) is 0 Å². The number of nitrogens with zero attached hydrogens (tertiary/aromatic N) is 4. The zero-order valence-electron chi connectivity index (χ0n) is 27.7. The fraction of sp³-hybridized carbons (Fsp3) is 0.297. The molecule has 1 aromatic heterocycles. The number of nitrogens with one attached hydrogen (secondary N) is 2. The van der Waals surface area contributed by atoms with Gasteiger partial charge < -0.3 is 15.4 Å². The van der Waals surface area contributed by atoms with E-state index < -0.39 is 35.5 Å². The van der Waals surface area contributed by atoms with Crippen molar-refractivity contribution in [3.05, 3.63) is 119 Å². The van der Waals surface area contributed by atoms with Crippen LogP contribution in [0.2, 0.25) is 0 Å². The minimum absolute atomic E-state index is 0.230. The van der Waals surface area contributed by atoms with Gasteiger partial charge in [0.05, 0.1) is 30.2 Å². The largest absolute Gasteiger partial charge is 0.416 e. The molecule has 0 bridgehead atoms. The number of anilines is 2. The topological polar surface area (TPSA) is 109 Å². The number of aromatic nitrogens is 2. The molecule has 10 nitrogen and oxygen atoms in total. The molecule has 13 heteroatoms. The quantitative estimate of drug-likeness (QED) is 0.231. The Balaban J connectivity index is 1.40. The van der Waals surface area contributed by atoms with E-state index in [2.05, 4.69) is 22.1 Å². The molecular weight excluding hydrogens is 649 g/mol. The van der Waals surface area contributed by atoms with Crippen LogP contribution in [0, 0.1) is 6.92 Å². The maximum atomic E-state index is 14.4. The maximum absolute atomic E-state index is 14.4. The highest BCUT2D eigenvalue weighted by Gasteiger charge is 2.45. The van der Waals surface area contributed by atoms with Gasteiger partial charge >= 0.3 is 6.18 Å². The lowest BCUT2D eigenvalue weighted by Crippen LogP contribution is -2.55. The summed E-state index contributed by atoms with van der Waals surface area (Å²) in [7, 11) is 0. The van der Waals surface area contributed by atoms with Crippen molar-refractivity contribution in [1.82, 2.24) is 20.0 Å². The zero-order valence-corrected chi connectivity index (χ0v) is 27.7. The van der Waals surface area contributed by atoms with Gasteiger partial charge in [-0.05, 0) is 61.9 Å². The number of hydrogen-bond donors (Lipinski definition) is 2. The van der Waals surface area contributed by atoms with E-state index in [0.717, 1.165) is 18.2 Å². The lowest BCUT2D eigenvalue weighted by molar-refractivity contribution is -0.137. The van der Waals surface area contributed by atoms with Gasteiger partial charge in [-0.1, -0.05) is 43.0 Å². The molecule has 3 amide bonds. The van der Waals surface area contributed by atoms with Crippen molar-refractivity contribution in [2.24, 2.45) is 0 Å². The average Bonchev–Trinajstić information content (AvgIpc) is 3.45. The number of rotatable bonds is 9. The van der Waals surface area contributed by atoms with Crippen LogP contribution in [0.15, 0.2) is 91.0 Å². The number of fused-ring (bicyclic) bond motifs is 1. The summed E-state index contributed by atoms with van der Waals surface area (Å²) in [5, 5.41) is 10.5. The Kier molecular flexibility index (Phi) is 9.89. The van der Waals surface area contributed by atoms with Gasteiger partial charge in [0.25, 0.3) is 17.7 Å². The standard InChI is InChI=1S/C37H37F3N6O4/c1-4-45-35-30(24(3)43-46(35)29-14-6-5-7-15-29)31(32(36(45)49)42-34(48)26-11-8-12-27(20-26)37(38,39)40)25-10-9-13-28(21-25)41-33(47)23(2)22-44-16-18-50-19-17-44/h5-15,20-21,31-32H,2,4,16-19,22H2,1,3H3,(H,41,47)(H,42,48). The predicted octanol–water partition coefficient (Wildman–Crippen LogP) is 5.32. The van der Waals surface area contributed by atoms with Crippen molar-refractivity contribution in [3.8, 4) is 5.69 Å². The summed E-state index contributed by atoms with van der Waals surface area (Å²) >= 11 is 0. The number of alkyl halides is 3. The van der Waals surface area contributed by atoms with Crippen molar-refractivity contribution >= 4 is 29.2 Å². The Bertz CT molecular complexity index is 1920. The maximum Gasteiger partial charge on any atom is 0.416 e. The minimum atomic E-state index is -4.66. The van der Waals surface area contributed by atoms with Gasteiger partial charge in [0, 0.05) is 54.5 Å². The van der Waals surface area contributed by atoms with Gasteiger partial charge in [0.2, 0.25) is 0 Å². The summed E-state index contributed by atoms with van der Waals surface area (Å²) in [6.07, 6.45) is -4.66. The Morgan fingerprint density at radius 1 is 1.00 bits per heavy atom. The van der Waals surface area contributed by atoms with E-state index in [1.807, 2.05) is 37.3 Å². The average molecular weight is 687 g/mol. The fourth-order valence-electron chi connectivity index (χ4n) is 6.48. The first-order valence-corrected chi connectivity index (χ1v) is 16.3. The van der Waals surface area contributed by atoms with Crippen LogP contribution in [-0.4, -0.2) is 77.8 Å². The summed E-state index contributed by atoms with van der Waals surface area (Å²) in [6.45, 7) is 10.7. The smallest absolute Gasteiger partial charge is 0.379 e. The number of amides is 3. The van der Waals surface area contributed by atoms with Crippen molar-refractivity contribution in [2.75, 3.05) is 49.6 Å². The molecule has 3 aromatic carbocycles. The summed E-state index contributed by atoms with van der Waals surface area (Å²) in [4.78, 5) is 44.9. The van der Waals surface area contributed by atoms with E-state index in [9.17, 15) is 27.6 Å². The minimum Gasteiger partial charge on any atom is -0.379 e. The molecule has 2 N–H and O–H groups in total. The first kappa shape index (κ1) is 34.6. The molecule has 2 aliphatic heterocycles. The van der Waals surface area contributed by atoms with E-state index in [1.165, 1.54) is 11.0 Å². The number of morpholine rings is 1. The third kappa shape index (κ3) is 7.05. The molecule has 3 heterocycles. The number of hydrogen-bond acceptors (Lipinski definition) is 6. The van der Waals surface area contributed by atoms with Gasteiger partial charge in [-0.25, -0.2) is 4.68 Å². The van der Waals surface area contributed by atoms with Crippen molar-refractivity contribution in [2.45, 2.75) is 32.0 Å². The molecule has 2 aliphatic rings. The number of carbonyl (C=O) groups is 3. The second-order valence-electron chi connectivity index (χ2n) is 12.2. The highest BCUT2D eigenvalue weighted by atomic mass is 19.4. The molecule has 50 heavy (non-hydrogen) atoms. The molecule has 0 aliphatic carbocycles. The summed E-state index contributed by atoms with van der Waals surface area (Å²) < 4.78 is 47.7. The summed E-state index contributed by atoms with van der Waals surface area (Å²) in [5.41, 5.74) is 2.14. The van der Waals surface area contributed by atoms with Gasteiger partial charge in [-0.2, -0.15) is 18.3 Å². The summed E-state index contributed by atoms with van der Waals surface area (Å²) in [5.74, 6) is -1.97. The van der Waals surface area contributed by atoms with Crippen molar-refractivity contribution < 1.29 is 32.3 Å². The van der Waals surface area contributed by atoms with Crippen molar-refractivity contribution in [1.29, 1.82) is 0 Å². The number of benzene rings is 3. The molecule has 0 spiro atoms. The first-order valence-electron chi connectivity index (χ1n) is 16.3. The predicted molar refractivity (Wildman–Crippen MR) is 182 cm³/mol. The number of para-hydroxylation sites is 1. The molecule has 4 aromatic rings. The fourth-order valence-corrected chi connectivity index (χ4v) is 6.48. The lowest BCUT2D eigenvalue weighted by atomic mass is 9.81. The van der Waals surface area contributed by atoms with E-state index in [1.54, 1.807) is 35.9 Å². The van der Waals surface area contributed by atoms with E-state index in [4.69, 9.17) is 9.84 Å². The first-order chi connectivity index (χ1) is 24.0. The van der Waals surface area contributed by atoms with Crippen molar-refractivity contribution in [3.63, 3.8) is 0 Å². The lowest BCUT2D eigenvalue weighted by Gasteiger charge is -2.38. The molecule has 2 atom stereocenters. The highest BCUT2D eigenvalue weighted by molar-refractivity contribution is 6.06. The monoisotopic (exact) mass is 686 g/mol. The normalized spacial score (nSPS) is 18.0. The Morgan fingerprint density at radius 2 is 1.72 bits per heavy atom. The highest BCUT2D eigenvalue weighted by Crippen LogP contribution is 2.44. The Labute approximate surface area is 287 Å². The Hall–Kier alpha value is -5.27. The SMILES string of the molecule is C=C(CN1CCOCC1)C(=O)Nc1cccc(C2c3c(C)nn(-c4ccccc4)c3N(CC)C(=O)C2NC(=O)c2cccc(C(F)(F)F)c2)c1. The van der Waals surface area contributed by atoms with Gasteiger partial charge in [0.1, 0.15) is 11.9 Å².